The summed E-state index contributed by atoms with van der Waals surface area (Å²) < 4.78 is 11.0. The summed E-state index contributed by atoms with van der Waals surface area (Å²) in [6.07, 6.45) is 3.76. The normalized spacial score (nSPS) is 17.4. The van der Waals surface area contributed by atoms with Crippen molar-refractivity contribution in [3.63, 3.8) is 0 Å². The highest BCUT2D eigenvalue weighted by Gasteiger charge is 2.25. The molecule has 104 valence electrons. The van der Waals surface area contributed by atoms with Gasteiger partial charge in [0.25, 0.3) is 0 Å². The number of carbonyl (C=O) groups excluding carboxylic acids is 1. The first-order valence-corrected chi connectivity index (χ1v) is 7.11. The second-order valence-electron chi connectivity index (χ2n) is 5.11. The summed E-state index contributed by atoms with van der Waals surface area (Å²) in [6, 6.07) is 9.78. The Morgan fingerprint density at radius 3 is 3.00 bits per heavy atom. The minimum atomic E-state index is 0.164. The number of rotatable bonds is 4. The number of fused-ring (bicyclic) bond motifs is 1. The molecule has 0 fully saturated rings. The van der Waals surface area contributed by atoms with E-state index in [-0.39, 0.29) is 11.7 Å². The molecule has 1 unspecified atom stereocenters. The average molecular weight is 270 g/mol. The molecule has 3 heteroatoms. The maximum atomic E-state index is 12.5. The van der Waals surface area contributed by atoms with Gasteiger partial charge in [-0.3, -0.25) is 4.79 Å². The number of furan rings is 1. The molecular formula is C17H18O3. The fourth-order valence-electron chi connectivity index (χ4n) is 2.82. The van der Waals surface area contributed by atoms with Crippen LogP contribution in [0.25, 0.3) is 0 Å². The van der Waals surface area contributed by atoms with Crippen LogP contribution < -0.4 is 4.74 Å². The van der Waals surface area contributed by atoms with E-state index >= 15 is 0 Å². The third kappa shape index (κ3) is 2.36. The number of ether oxygens (including phenoxy) is 1. The van der Waals surface area contributed by atoms with Crippen LogP contribution in [0.2, 0.25) is 0 Å². The Bertz CT molecular complexity index is 612. The molecule has 1 aromatic carbocycles. The van der Waals surface area contributed by atoms with E-state index in [4.69, 9.17) is 9.15 Å². The first-order valence-electron chi connectivity index (χ1n) is 7.11. The third-order valence-electron chi connectivity index (χ3n) is 3.88. The third-order valence-corrected chi connectivity index (χ3v) is 3.88. The van der Waals surface area contributed by atoms with Crippen LogP contribution in [0.3, 0.4) is 0 Å². The molecule has 1 aromatic heterocycles. The Kier molecular flexibility index (Phi) is 3.59. The molecule has 3 rings (SSSR count). The summed E-state index contributed by atoms with van der Waals surface area (Å²) in [5.74, 6) is 2.11. The van der Waals surface area contributed by atoms with Gasteiger partial charge in [-0.25, -0.2) is 0 Å². The van der Waals surface area contributed by atoms with Gasteiger partial charge in [0.1, 0.15) is 11.5 Å². The standard InChI is InChI=1S/C17H18O3/c1-2-16-14(8-10-19-16)15(18)11-12-7-9-20-17-6-4-3-5-13(12)17/h3-6,8,10,12H,2,7,9,11H2,1H3. The van der Waals surface area contributed by atoms with Gasteiger partial charge in [0.2, 0.25) is 0 Å². The summed E-state index contributed by atoms with van der Waals surface area (Å²) in [5.41, 5.74) is 1.88. The Hall–Kier alpha value is -2.03. The summed E-state index contributed by atoms with van der Waals surface area (Å²) in [7, 11) is 0. The SMILES string of the molecule is CCc1occc1C(=O)CC1CCOc2ccccc21. The van der Waals surface area contributed by atoms with Crippen LogP contribution >= 0.6 is 0 Å². The van der Waals surface area contributed by atoms with Crippen molar-refractivity contribution in [1.29, 1.82) is 0 Å². The summed E-state index contributed by atoms with van der Waals surface area (Å²) >= 11 is 0. The number of ketones is 1. The van der Waals surface area contributed by atoms with Crippen molar-refractivity contribution in [2.24, 2.45) is 0 Å². The highest BCUT2D eigenvalue weighted by Crippen LogP contribution is 2.36. The summed E-state index contributed by atoms with van der Waals surface area (Å²) in [4.78, 5) is 12.5. The lowest BCUT2D eigenvalue weighted by atomic mass is 9.87. The largest absolute Gasteiger partial charge is 0.493 e. The average Bonchev–Trinajstić information content (AvgIpc) is 2.96. The zero-order valence-corrected chi connectivity index (χ0v) is 11.6. The van der Waals surface area contributed by atoms with Crippen molar-refractivity contribution in [1.82, 2.24) is 0 Å². The smallest absolute Gasteiger partial charge is 0.166 e. The van der Waals surface area contributed by atoms with E-state index in [1.165, 1.54) is 0 Å². The lowest BCUT2D eigenvalue weighted by molar-refractivity contribution is 0.0964. The van der Waals surface area contributed by atoms with Crippen molar-refractivity contribution in [2.45, 2.75) is 32.1 Å². The lowest BCUT2D eigenvalue weighted by Crippen LogP contribution is -2.17. The monoisotopic (exact) mass is 270 g/mol. The number of hydrogen-bond donors (Lipinski definition) is 0. The number of carbonyl (C=O) groups is 1. The topological polar surface area (TPSA) is 39.4 Å². The summed E-state index contributed by atoms with van der Waals surface area (Å²) in [5, 5.41) is 0. The van der Waals surface area contributed by atoms with Gasteiger partial charge in [0.15, 0.2) is 5.78 Å². The Labute approximate surface area is 118 Å². The molecule has 0 N–H and O–H groups in total. The zero-order chi connectivity index (χ0) is 13.9. The fraction of sp³-hybridized carbons (Fsp3) is 0.353. The number of hydrogen-bond acceptors (Lipinski definition) is 3. The van der Waals surface area contributed by atoms with Gasteiger partial charge in [0.05, 0.1) is 18.4 Å². The van der Waals surface area contributed by atoms with Gasteiger partial charge >= 0.3 is 0 Å². The molecule has 2 heterocycles. The van der Waals surface area contributed by atoms with Gasteiger partial charge in [-0.2, -0.15) is 0 Å². The van der Waals surface area contributed by atoms with Crippen LogP contribution in [0.5, 0.6) is 5.75 Å². The maximum absolute atomic E-state index is 12.5. The van der Waals surface area contributed by atoms with Crippen molar-refractivity contribution in [3.8, 4) is 5.75 Å². The van der Waals surface area contributed by atoms with E-state index in [1.54, 1.807) is 12.3 Å². The Morgan fingerprint density at radius 2 is 2.15 bits per heavy atom. The van der Waals surface area contributed by atoms with Crippen molar-refractivity contribution >= 4 is 5.78 Å². The molecule has 0 amide bonds. The molecule has 2 aromatic rings. The van der Waals surface area contributed by atoms with E-state index in [0.717, 1.165) is 35.5 Å². The molecule has 1 aliphatic heterocycles. The van der Waals surface area contributed by atoms with Crippen molar-refractivity contribution < 1.29 is 13.9 Å². The molecular weight excluding hydrogens is 252 g/mol. The quantitative estimate of drug-likeness (QED) is 0.789. The Morgan fingerprint density at radius 1 is 1.30 bits per heavy atom. The van der Waals surface area contributed by atoms with Gasteiger partial charge in [-0.05, 0) is 30.0 Å². The first-order chi connectivity index (χ1) is 9.79. The molecule has 20 heavy (non-hydrogen) atoms. The van der Waals surface area contributed by atoms with Crippen molar-refractivity contribution in [3.05, 3.63) is 53.5 Å². The second-order valence-corrected chi connectivity index (χ2v) is 5.11. The van der Waals surface area contributed by atoms with Crippen LogP contribution in [0.15, 0.2) is 41.0 Å². The molecule has 1 aliphatic rings. The van der Waals surface area contributed by atoms with Gasteiger partial charge in [-0.15, -0.1) is 0 Å². The molecule has 0 spiro atoms. The number of aryl methyl sites for hydroxylation is 1. The predicted octanol–water partition coefficient (Wildman–Crippen LogP) is 3.98. The lowest BCUT2D eigenvalue weighted by Gasteiger charge is -2.25. The maximum Gasteiger partial charge on any atom is 0.166 e. The predicted molar refractivity (Wildman–Crippen MR) is 76.3 cm³/mol. The molecule has 0 saturated heterocycles. The Balaban J connectivity index is 1.81. The number of benzene rings is 1. The minimum absolute atomic E-state index is 0.164. The fourth-order valence-corrected chi connectivity index (χ4v) is 2.82. The van der Waals surface area contributed by atoms with Crippen LogP contribution in [0.4, 0.5) is 0 Å². The van der Waals surface area contributed by atoms with Gasteiger partial charge in [0, 0.05) is 12.8 Å². The van der Waals surface area contributed by atoms with Crippen LogP contribution in [0.1, 0.15) is 47.4 Å². The van der Waals surface area contributed by atoms with Gasteiger partial charge in [-0.1, -0.05) is 25.1 Å². The van der Waals surface area contributed by atoms with E-state index in [2.05, 4.69) is 6.07 Å². The highest BCUT2D eigenvalue weighted by molar-refractivity contribution is 5.97. The molecule has 0 saturated carbocycles. The second kappa shape index (κ2) is 5.53. The van der Waals surface area contributed by atoms with E-state index in [1.807, 2.05) is 25.1 Å². The number of Topliss-reactive ketones (excluding diaryl/α,β-unsaturated/α-hetero) is 1. The van der Waals surface area contributed by atoms with E-state index in [9.17, 15) is 4.79 Å². The van der Waals surface area contributed by atoms with Crippen LogP contribution in [-0.4, -0.2) is 12.4 Å². The summed E-state index contributed by atoms with van der Waals surface area (Å²) in [6.45, 7) is 2.68. The van der Waals surface area contributed by atoms with Crippen LogP contribution in [0, 0.1) is 0 Å². The first kappa shape index (κ1) is 13.0. The minimum Gasteiger partial charge on any atom is -0.493 e. The van der Waals surface area contributed by atoms with E-state index < -0.39 is 0 Å². The number of para-hydroxylation sites is 1. The van der Waals surface area contributed by atoms with Crippen molar-refractivity contribution in [2.75, 3.05) is 6.61 Å². The zero-order valence-electron chi connectivity index (χ0n) is 11.6. The van der Waals surface area contributed by atoms with Gasteiger partial charge < -0.3 is 9.15 Å². The molecule has 3 nitrogen and oxygen atoms in total. The molecule has 0 radical (unpaired) electrons. The molecule has 1 atom stereocenters. The molecule has 0 aliphatic carbocycles. The van der Waals surface area contributed by atoms with Crippen LogP contribution in [-0.2, 0) is 6.42 Å². The molecule has 0 bridgehead atoms. The highest BCUT2D eigenvalue weighted by atomic mass is 16.5. The van der Waals surface area contributed by atoms with E-state index in [0.29, 0.717) is 13.0 Å².